The molecule has 1 aliphatic rings. The van der Waals surface area contributed by atoms with Gasteiger partial charge in [-0.2, -0.15) is 0 Å². The minimum absolute atomic E-state index is 0.206. The highest BCUT2D eigenvalue weighted by Crippen LogP contribution is 2.25. The molecule has 124 valence electrons. The van der Waals surface area contributed by atoms with E-state index in [1.54, 1.807) is 35.2 Å². The molecule has 5 nitrogen and oxygen atoms in total. The van der Waals surface area contributed by atoms with Crippen LogP contribution in [-0.2, 0) is 9.59 Å². The molecule has 0 unspecified atom stereocenters. The lowest BCUT2D eigenvalue weighted by Crippen LogP contribution is -2.30. The summed E-state index contributed by atoms with van der Waals surface area (Å²) in [6.07, 6.45) is 3.50. The molecule has 1 aliphatic heterocycles. The van der Waals surface area contributed by atoms with Gasteiger partial charge in [-0.1, -0.05) is 12.1 Å². The maximum Gasteiger partial charge on any atom is 0.246 e. The molecule has 0 spiro atoms. The van der Waals surface area contributed by atoms with Crippen LogP contribution >= 0.6 is 0 Å². The molecule has 2 heterocycles. The Morgan fingerprint density at radius 2 is 2.04 bits per heavy atom. The van der Waals surface area contributed by atoms with Crippen LogP contribution in [0.1, 0.15) is 12.2 Å². The Hall–Kier alpha value is -2.89. The first-order valence-corrected chi connectivity index (χ1v) is 7.65. The first kappa shape index (κ1) is 16.0. The van der Waals surface area contributed by atoms with E-state index in [0.717, 1.165) is 0 Å². The normalized spacial score (nSPS) is 17.5. The molecule has 0 radical (unpaired) electrons. The van der Waals surface area contributed by atoms with Gasteiger partial charge in [0.1, 0.15) is 17.3 Å². The molecule has 3 rings (SSSR count). The van der Waals surface area contributed by atoms with Crippen LogP contribution in [0.5, 0.6) is 0 Å². The lowest BCUT2D eigenvalue weighted by molar-refractivity contribution is -0.125. The topological polar surface area (TPSA) is 76.5 Å². The summed E-state index contributed by atoms with van der Waals surface area (Å²) in [7, 11) is 0. The maximum atomic E-state index is 13.7. The molecular weight excluding hydrogens is 311 g/mol. The molecule has 1 saturated heterocycles. The third-order valence-corrected chi connectivity index (χ3v) is 4.06. The second-order valence-corrected chi connectivity index (χ2v) is 5.69. The molecule has 1 aromatic carbocycles. The summed E-state index contributed by atoms with van der Waals surface area (Å²) >= 11 is 0. The predicted octanol–water partition coefficient (Wildman–Crippen LogP) is 2.43. The van der Waals surface area contributed by atoms with E-state index in [1.807, 2.05) is 0 Å². The van der Waals surface area contributed by atoms with Gasteiger partial charge in [0.05, 0.1) is 11.5 Å². The minimum atomic E-state index is -0.380. The fraction of sp³-hybridized carbons (Fsp3) is 0.222. The van der Waals surface area contributed by atoms with Crippen molar-refractivity contribution in [3.8, 4) is 11.3 Å². The van der Waals surface area contributed by atoms with Gasteiger partial charge in [-0.15, -0.1) is 0 Å². The summed E-state index contributed by atoms with van der Waals surface area (Å²) in [6, 6.07) is 9.64. The molecule has 0 bridgehead atoms. The Bertz CT molecular complexity index is 797. The number of likely N-dealkylation sites (tertiary alicyclic amines) is 1. The number of hydrogen-bond acceptors (Lipinski definition) is 3. The molecule has 0 saturated carbocycles. The van der Waals surface area contributed by atoms with E-state index < -0.39 is 0 Å². The van der Waals surface area contributed by atoms with Crippen molar-refractivity contribution in [3.05, 3.63) is 54.1 Å². The van der Waals surface area contributed by atoms with Gasteiger partial charge in [0, 0.05) is 19.2 Å². The van der Waals surface area contributed by atoms with Gasteiger partial charge in [0.25, 0.3) is 0 Å². The van der Waals surface area contributed by atoms with Crippen molar-refractivity contribution in [1.82, 2.24) is 4.90 Å². The lowest BCUT2D eigenvalue weighted by atomic mass is 10.1. The highest BCUT2D eigenvalue weighted by molar-refractivity contribution is 5.92. The number of halogens is 1. The van der Waals surface area contributed by atoms with Gasteiger partial charge in [0.2, 0.25) is 11.8 Å². The van der Waals surface area contributed by atoms with Crippen LogP contribution in [0.25, 0.3) is 17.4 Å². The fourth-order valence-electron chi connectivity index (χ4n) is 2.70. The van der Waals surface area contributed by atoms with E-state index in [9.17, 15) is 14.0 Å². The van der Waals surface area contributed by atoms with Crippen LogP contribution in [0.15, 0.2) is 46.9 Å². The van der Waals surface area contributed by atoms with Crippen LogP contribution in [0, 0.1) is 11.7 Å². The Morgan fingerprint density at radius 1 is 1.25 bits per heavy atom. The number of hydrogen-bond donors (Lipinski definition) is 1. The summed E-state index contributed by atoms with van der Waals surface area (Å²) in [6.45, 7) is 0.854. The van der Waals surface area contributed by atoms with Gasteiger partial charge < -0.3 is 15.1 Å². The fourth-order valence-corrected chi connectivity index (χ4v) is 2.70. The van der Waals surface area contributed by atoms with E-state index in [2.05, 4.69) is 0 Å². The van der Waals surface area contributed by atoms with Crippen molar-refractivity contribution in [1.29, 1.82) is 0 Å². The molecule has 2 aromatic rings. The summed E-state index contributed by atoms with van der Waals surface area (Å²) in [5.41, 5.74) is 5.62. The number of furan rings is 1. The largest absolute Gasteiger partial charge is 0.457 e. The molecular formula is C18H17FN2O3. The van der Waals surface area contributed by atoms with E-state index in [1.165, 1.54) is 18.2 Å². The highest BCUT2D eigenvalue weighted by atomic mass is 19.1. The van der Waals surface area contributed by atoms with Crippen LogP contribution in [0.2, 0.25) is 0 Å². The summed E-state index contributed by atoms with van der Waals surface area (Å²) in [5, 5.41) is 0. The number of benzene rings is 1. The second kappa shape index (κ2) is 6.70. The van der Waals surface area contributed by atoms with Crippen molar-refractivity contribution in [3.63, 3.8) is 0 Å². The minimum Gasteiger partial charge on any atom is -0.457 e. The van der Waals surface area contributed by atoms with Crippen molar-refractivity contribution in [2.45, 2.75) is 6.42 Å². The van der Waals surface area contributed by atoms with Crippen LogP contribution in [0.3, 0.4) is 0 Å². The average Bonchev–Trinajstić information content (AvgIpc) is 3.22. The van der Waals surface area contributed by atoms with E-state index >= 15 is 0 Å². The average molecular weight is 328 g/mol. The monoisotopic (exact) mass is 328 g/mol. The van der Waals surface area contributed by atoms with Gasteiger partial charge in [-0.05, 0) is 36.8 Å². The van der Waals surface area contributed by atoms with Gasteiger partial charge in [-0.3, -0.25) is 9.59 Å². The van der Waals surface area contributed by atoms with Crippen molar-refractivity contribution >= 4 is 17.9 Å². The molecule has 1 fully saturated rings. The summed E-state index contributed by atoms with van der Waals surface area (Å²) in [4.78, 5) is 24.8. The number of primary amides is 1. The molecule has 6 heteroatoms. The number of amides is 2. The molecule has 2 amide bonds. The Morgan fingerprint density at radius 3 is 2.75 bits per heavy atom. The molecule has 0 aliphatic carbocycles. The van der Waals surface area contributed by atoms with E-state index in [4.69, 9.17) is 10.2 Å². The standard InChI is InChI=1S/C18H17FN2O3/c19-15-4-2-1-3-14(15)16-7-5-13(24-16)6-8-17(22)21-10-9-12(11-21)18(20)23/h1-8,12H,9-11H2,(H2,20,23)/b8-6-/t12-/m0/s1. The summed E-state index contributed by atoms with van der Waals surface area (Å²) in [5.74, 6) is -0.383. The molecule has 1 aromatic heterocycles. The molecule has 2 N–H and O–H groups in total. The van der Waals surface area contributed by atoms with Crippen LogP contribution in [-0.4, -0.2) is 29.8 Å². The zero-order valence-corrected chi connectivity index (χ0v) is 12.9. The van der Waals surface area contributed by atoms with Crippen LogP contribution in [0.4, 0.5) is 4.39 Å². The zero-order chi connectivity index (χ0) is 17.1. The second-order valence-electron chi connectivity index (χ2n) is 5.69. The van der Waals surface area contributed by atoms with E-state index in [0.29, 0.717) is 36.6 Å². The Balaban J connectivity index is 1.67. The van der Waals surface area contributed by atoms with Crippen molar-refractivity contribution < 1.29 is 18.4 Å². The molecule has 1 atom stereocenters. The predicted molar refractivity (Wildman–Crippen MR) is 87.0 cm³/mol. The Kier molecular flexibility index (Phi) is 4.46. The molecule has 24 heavy (non-hydrogen) atoms. The highest BCUT2D eigenvalue weighted by Gasteiger charge is 2.28. The Labute approximate surface area is 138 Å². The van der Waals surface area contributed by atoms with Crippen LogP contribution < -0.4 is 5.73 Å². The first-order valence-electron chi connectivity index (χ1n) is 7.65. The zero-order valence-electron chi connectivity index (χ0n) is 12.9. The van der Waals surface area contributed by atoms with Crippen molar-refractivity contribution in [2.24, 2.45) is 11.7 Å². The maximum absolute atomic E-state index is 13.7. The quantitative estimate of drug-likeness (QED) is 0.876. The van der Waals surface area contributed by atoms with Gasteiger partial charge >= 0.3 is 0 Å². The number of carbonyl (C=O) groups excluding carboxylic acids is 2. The lowest BCUT2D eigenvalue weighted by Gasteiger charge is -2.12. The third-order valence-electron chi connectivity index (χ3n) is 4.06. The number of nitrogens with zero attached hydrogens (tertiary/aromatic N) is 1. The smallest absolute Gasteiger partial charge is 0.246 e. The van der Waals surface area contributed by atoms with E-state index in [-0.39, 0.29) is 23.5 Å². The third kappa shape index (κ3) is 3.37. The number of rotatable bonds is 4. The number of nitrogens with two attached hydrogens (primary N) is 1. The SMILES string of the molecule is NC(=O)[C@H]1CCN(C(=O)/C=C\c2ccc(-c3ccccc3F)o2)C1. The summed E-state index contributed by atoms with van der Waals surface area (Å²) < 4.78 is 19.3. The van der Waals surface area contributed by atoms with Gasteiger partial charge in [-0.25, -0.2) is 4.39 Å². The van der Waals surface area contributed by atoms with Gasteiger partial charge in [0.15, 0.2) is 0 Å². The number of carbonyl (C=O) groups is 2. The van der Waals surface area contributed by atoms with Crippen molar-refractivity contribution in [2.75, 3.05) is 13.1 Å². The first-order chi connectivity index (χ1) is 11.5.